The van der Waals surface area contributed by atoms with Crippen molar-refractivity contribution in [1.82, 2.24) is 0 Å². The van der Waals surface area contributed by atoms with Crippen LogP contribution in [-0.4, -0.2) is 16.6 Å². The molecule has 0 aromatic carbocycles. The van der Waals surface area contributed by atoms with Crippen molar-refractivity contribution in [3.63, 3.8) is 0 Å². The first-order chi connectivity index (χ1) is 6.18. The van der Waals surface area contributed by atoms with Gasteiger partial charge in [-0.25, -0.2) is 0 Å². The molecule has 0 heterocycles. The highest BCUT2D eigenvalue weighted by Gasteiger charge is 2.29. The number of hydrogen-bond donors (Lipinski definition) is 0. The van der Waals surface area contributed by atoms with Crippen molar-refractivity contribution >= 4 is 16.6 Å². The molecule has 3 heteroatoms. The lowest BCUT2D eigenvalue weighted by molar-refractivity contribution is 0.570. The molecule has 82 valence electrons. The fourth-order valence-corrected chi connectivity index (χ4v) is 9.96. The fourth-order valence-electron chi connectivity index (χ4n) is 1.84. The molecule has 0 bridgehead atoms. The van der Waals surface area contributed by atoms with Gasteiger partial charge >= 0.3 is 0 Å². The normalized spacial score (nSPS) is 13.4. The summed E-state index contributed by atoms with van der Waals surface area (Å²) in [5, 5.41) is 0. The number of rotatable bonds is 4. The minimum atomic E-state index is -1.59. The standard InChI is InChI=1S/C11H24OSi2/c1-8-9-13(4,5)12-14(6,7)10-11(2)3/h8-10H,1-7H3/b9-8+. The predicted octanol–water partition coefficient (Wildman–Crippen LogP) is 4.03. The molecule has 0 aliphatic rings. The van der Waals surface area contributed by atoms with Crippen LogP contribution in [0.25, 0.3) is 0 Å². The molecule has 1 nitrogen and oxygen atoms in total. The maximum Gasteiger partial charge on any atom is 0.198 e. The molecule has 0 aromatic heterocycles. The minimum Gasteiger partial charge on any atom is -0.449 e. The van der Waals surface area contributed by atoms with E-state index in [0.717, 1.165) is 0 Å². The van der Waals surface area contributed by atoms with E-state index in [1.165, 1.54) is 5.57 Å². The van der Waals surface area contributed by atoms with Crippen molar-refractivity contribution < 1.29 is 4.12 Å². The Balaban J connectivity index is 4.58. The van der Waals surface area contributed by atoms with Crippen molar-refractivity contribution in [2.45, 2.75) is 47.0 Å². The van der Waals surface area contributed by atoms with Crippen LogP contribution in [0.3, 0.4) is 0 Å². The zero-order valence-corrected chi connectivity index (χ0v) is 12.6. The third kappa shape index (κ3) is 6.35. The van der Waals surface area contributed by atoms with Gasteiger partial charge in [0.05, 0.1) is 0 Å². The van der Waals surface area contributed by atoms with Crippen molar-refractivity contribution in [2.24, 2.45) is 0 Å². The zero-order valence-electron chi connectivity index (χ0n) is 10.6. The van der Waals surface area contributed by atoms with Gasteiger partial charge in [0.1, 0.15) is 0 Å². The first kappa shape index (κ1) is 13.9. The third-order valence-corrected chi connectivity index (χ3v) is 8.35. The summed E-state index contributed by atoms with van der Waals surface area (Å²) in [5.41, 5.74) is 5.94. The summed E-state index contributed by atoms with van der Waals surface area (Å²) in [5.74, 6) is 0. The summed E-state index contributed by atoms with van der Waals surface area (Å²) in [7, 11) is -3.16. The lowest BCUT2D eigenvalue weighted by Crippen LogP contribution is -2.42. The Hall–Kier alpha value is -0.126. The van der Waals surface area contributed by atoms with Crippen molar-refractivity contribution in [3.05, 3.63) is 23.0 Å². The van der Waals surface area contributed by atoms with Crippen LogP contribution in [0.1, 0.15) is 20.8 Å². The highest BCUT2D eigenvalue weighted by Crippen LogP contribution is 2.17. The topological polar surface area (TPSA) is 9.23 Å². The van der Waals surface area contributed by atoms with Crippen LogP contribution in [0.4, 0.5) is 0 Å². The van der Waals surface area contributed by atoms with Gasteiger partial charge in [0, 0.05) is 0 Å². The Labute approximate surface area is 91.1 Å². The van der Waals surface area contributed by atoms with Gasteiger partial charge in [-0.15, -0.1) is 0 Å². The van der Waals surface area contributed by atoms with Gasteiger partial charge in [-0.1, -0.05) is 23.0 Å². The van der Waals surface area contributed by atoms with Crippen LogP contribution in [-0.2, 0) is 4.12 Å². The summed E-state index contributed by atoms with van der Waals surface area (Å²) in [4.78, 5) is 0. The van der Waals surface area contributed by atoms with E-state index in [1.54, 1.807) is 0 Å². The molecule has 0 saturated carbocycles. The summed E-state index contributed by atoms with van der Waals surface area (Å²) in [6, 6.07) is 0. The molecule has 0 N–H and O–H groups in total. The highest BCUT2D eigenvalue weighted by molar-refractivity contribution is 6.89. The van der Waals surface area contributed by atoms with E-state index >= 15 is 0 Å². The first-order valence-corrected chi connectivity index (χ1v) is 11.2. The van der Waals surface area contributed by atoms with E-state index in [0.29, 0.717) is 0 Å². The van der Waals surface area contributed by atoms with Crippen LogP contribution < -0.4 is 0 Å². The first-order valence-electron chi connectivity index (χ1n) is 5.18. The van der Waals surface area contributed by atoms with Gasteiger partial charge in [0.15, 0.2) is 16.6 Å². The smallest absolute Gasteiger partial charge is 0.198 e. The maximum atomic E-state index is 6.29. The van der Waals surface area contributed by atoms with Crippen LogP contribution in [0, 0.1) is 0 Å². The molecule has 0 aromatic rings. The van der Waals surface area contributed by atoms with E-state index in [2.05, 4.69) is 64.4 Å². The summed E-state index contributed by atoms with van der Waals surface area (Å²) < 4.78 is 6.29. The second-order valence-electron chi connectivity index (χ2n) is 5.03. The predicted molar refractivity (Wildman–Crippen MR) is 70.3 cm³/mol. The molecule has 0 unspecified atom stereocenters. The summed E-state index contributed by atoms with van der Waals surface area (Å²) >= 11 is 0. The molecule has 0 spiro atoms. The van der Waals surface area contributed by atoms with Gasteiger partial charge in [-0.3, -0.25) is 0 Å². The summed E-state index contributed by atoms with van der Waals surface area (Å²) in [6.45, 7) is 15.4. The lowest BCUT2D eigenvalue weighted by Gasteiger charge is -2.30. The van der Waals surface area contributed by atoms with Gasteiger partial charge < -0.3 is 4.12 Å². The largest absolute Gasteiger partial charge is 0.449 e. The van der Waals surface area contributed by atoms with Gasteiger partial charge in [-0.05, 0) is 47.0 Å². The fraction of sp³-hybridized carbons (Fsp3) is 0.636. The Morgan fingerprint density at radius 3 is 1.86 bits per heavy atom. The Bertz CT molecular complexity index is 236. The molecule has 0 saturated heterocycles. The highest BCUT2D eigenvalue weighted by atomic mass is 28.4. The monoisotopic (exact) mass is 228 g/mol. The second-order valence-corrected chi connectivity index (χ2v) is 12.9. The molecule has 0 fully saturated rings. The van der Waals surface area contributed by atoms with Gasteiger partial charge in [0.2, 0.25) is 0 Å². The Kier molecular flexibility index (Phi) is 5.05. The number of hydrogen-bond acceptors (Lipinski definition) is 1. The molecule has 0 aliphatic carbocycles. The average Bonchev–Trinajstić information content (AvgIpc) is 1.78. The van der Waals surface area contributed by atoms with Crippen LogP contribution in [0.5, 0.6) is 0 Å². The van der Waals surface area contributed by atoms with Gasteiger partial charge in [0.25, 0.3) is 0 Å². The average molecular weight is 228 g/mol. The number of allylic oxidation sites excluding steroid dienone is 2. The molecule has 0 atom stereocenters. The molecule has 0 amide bonds. The van der Waals surface area contributed by atoms with E-state index in [4.69, 9.17) is 4.12 Å². The van der Waals surface area contributed by atoms with Crippen molar-refractivity contribution in [1.29, 1.82) is 0 Å². The molecule has 0 aliphatic heterocycles. The van der Waals surface area contributed by atoms with Crippen molar-refractivity contribution in [3.8, 4) is 0 Å². The van der Waals surface area contributed by atoms with E-state index in [1.807, 2.05) is 0 Å². The maximum absolute atomic E-state index is 6.29. The molecule has 0 rings (SSSR count). The summed E-state index contributed by atoms with van der Waals surface area (Å²) in [6.07, 6.45) is 2.11. The molecule has 14 heavy (non-hydrogen) atoms. The Morgan fingerprint density at radius 1 is 1.00 bits per heavy atom. The van der Waals surface area contributed by atoms with Crippen LogP contribution in [0.2, 0.25) is 26.2 Å². The quantitative estimate of drug-likeness (QED) is 0.660. The minimum absolute atomic E-state index is 1.37. The van der Waals surface area contributed by atoms with Crippen molar-refractivity contribution in [2.75, 3.05) is 0 Å². The van der Waals surface area contributed by atoms with Gasteiger partial charge in [-0.2, -0.15) is 0 Å². The Morgan fingerprint density at radius 2 is 1.50 bits per heavy atom. The van der Waals surface area contributed by atoms with E-state index in [9.17, 15) is 0 Å². The lowest BCUT2D eigenvalue weighted by atomic mass is 10.4. The van der Waals surface area contributed by atoms with E-state index < -0.39 is 16.6 Å². The SMILES string of the molecule is C/C=C/[Si](C)(C)O[Si](C)(C)C=C(C)C. The second kappa shape index (κ2) is 5.10. The molecule has 0 radical (unpaired) electrons. The van der Waals surface area contributed by atoms with Crippen LogP contribution >= 0.6 is 0 Å². The third-order valence-electron chi connectivity index (χ3n) is 1.73. The zero-order chi connectivity index (χ0) is 11.4. The van der Waals surface area contributed by atoms with Crippen LogP contribution in [0.15, 0.2) is 23.0 Å². The molecular weight excluding hydrogens is 204 g/mol. The molecular formula is C11H24OSi2. The van der Waals surface area contributed by atoms with E-state index in [-0.39, 0.29) is 0 Å².